The lowest BCUT2D eigenvalue weighted by Crippen LogP contribution is -2.20. The molecule has 14 heavy (non-hydrogen) atoms. The van der Waals surface area contributed by atoms with Gasteiger partial charge in [0.25, 0.3) is 0 Å². The number of hydrogen-bond acceptors (Lipinski definition) is 1. The molecule has 0 bridgehead atoms. The lowest BCUT2D eigenvalue weighted by molar-refractivity contribution is -0.0193. The Kier molecular flexibility index (Phi) is 3.19. The SMILES string of the molecule is F[C@@H]1CCO[C@H](c2cccc(Br)c2)C1. The van der Waals surface area contributed by atoms with Crippen molar-refractivity contribution in [2.24, 2.45) is 0 Å². The van der Waals surface area contributed by atoms with Crippen LogP contribution in [0.4, 0.5) is 4.39 Å². The molecule has 0 unspecified atom stereocenters. The highest BCUT2D eigenvalue weighted by Gasteiger charge is 2.23. The molecule has 3 heteroatoms. The zero-order valence-electron chi connectivity index (χ0n) is 7.75. The van der Waals surface area contributed by atoms with Crippen LogP contribution in [-0.2, 0) is 4.74 Å². The van der Waals surface area contributed by atoms with E-state index in [1.807, 2.05) is 24.3 Å². The van der Waals surface area contributed by atoms with E-state index >= 15 is 0 Å². The van der Waals surface area contributed by atoms with Crippen molar-refractivity contribution in [3.05, 3.63) is 34.3 Å². The van der Waals surface area contributed by atoms with Gasteiger partial charge in [0.05, 0.1) is 12.7 Å². The quantitative estimate of drug-likeness (QED) is 0.748. The van der Waals surface area contributed by atoms with Gasteiger partial charge >= 0.3 is 0 Å². The fourth-order valence-corrected chi connectivity index (χ4v) is 2.11. The van der Waals surface area contributed by atoms with Crippen LogP contribution >= 0.6 is 15.9 Å². The van der Waals surface area contributed by atoms with Gasteiger partial charge in [-0.05, 0) is 17.7 Å². The van der Waals surface area contributed by atoms with Crippen LogP contribution in [-0.4, -0.2) is 12.8 Å². The third kappa shape index (κ3) is 2.34. The molecule has 1 saturated heterocycles. The lowest BCUT2D eigenvalue weighted by atomic mass is 10.0. The van der Waals surface area contributed by atoms with E-state index in [-0.39, 0.29) is 6.10 Å². The highest BCUT2D eigenvalue weighted by Crippen LogP contribution is 2.30. The first-order valence-corrected chi connectivity index (χ1v) is 5.56. The molecule has 2 rings (SSSR count). The first-order valence-electron chi connectivity index (χ1n) is 4.77. The van der Waals surface area contributed by atoms with Crippen LogP contribution in [0.15, 0.2) is 28.7 Å². The van der Waals surface area contributed by atoms with Crippen LogP contribution in [0, 0.1) is 0 Å². The largest absolute Gasteiger partial charge is 0.373 e. The van der Waals surface area contributed by atoms with E-state index in [4.69, 9.17) is 4.74 Å². The molecule has 0 amide bonds. The van der Waals surface area contributed by atoms with Gasteiger partial charge in [0.15, 0.2) is 0 Å². The molecule has 0 aliphatic carbocycles. The van der Waals surface area contributed by atoms with Crippen LogP contribution in [0.1, 0.15) is 24.5 Å². The van der Waals surface area contributed by atoms with Crippen molar-refractivity contribution in [2.75, 3.05) is 6.61 Å². The average Bonchev–Trinajstić information content (AvgIpc) is 2.18. The molecule has 1 nitrogen and oxygen atoms in total. The maximum atomic E-state index is 13.1. The summed E-state index contributed by atoms with van der Waals surface area (Å²) in [6.07, 6.45) is 0.227. The minimum atomic E-state index is -0.715. The zero-order valence-corrected chi connectivity index (χ0v) is 9.34. The summed E-state index contributed by atoms with van der Waals surface area (Å²) >= 11 is 3.39. The molecule has 76 valence electrons. The van der Waals surface area contributed by atoms with Crippen molar-refractivity contribution in [1.29, 1.82) is 0 Å². The number of alkyl halides is 1. The predicted molar refractivity (Wildman–Crippen MR) is 57.0 cm³/mol. The minimum Gasteiger partial charge on any atom is -0.373 e. The summed E-state index contributed by atoms with van der Waals surface area (Å²) in [6.45, 7) is 0.526. The lowest BCUT2D eigenvalue weighted by Gasteiger charge is -2.25. The molecule has 1 aliphatic rings. The van der Waals surface area contributed by atoms with Crippen molar-refractivity contribution < 1.29 is 9.13 Å². The summed E-state index contributed by atoms with van der Waals surface area (Å²) in [5.74, 6) is 0. The Balaban J connectivity index is 2.14. The molecule has 0 spiro atoms. The summed E-state index contributed by atoms with van der Waals surface area (Å²) in [6, 6.07) is 7.88. The van der Waals surface area contributed by atoms with Gasteiger partial charge in [-0.2, -0.15) is 0 Å². The number of rotatable bonds is 1. The molecule has 0 N–H and O–H groups in total. The topological polar surface area (TPSA) is 9.23 Å². The van der Waals surface area contributed by atoms with Gasteiger partial charge in [0.1, 0.15) is 6.17 Å². The van der Waals surface area contributed by atoms with E-state index in [1.165, 1.54) is 0 Å². The van der Waals surface area contributed by atoms with E-state index in [0.717, 1.165) is 10.0 Å². The van der Waals surface area contributed by atoms with Crippen molar-refractivity contribution in [3.63, 3.8) is 0 Å². The molecule has 0 saturated carbocycles. The summed E-state index contributed by atoms with van der Waals surface area (Å²) in [4.78, 5) is 0. The van der Waals surface area contributed by atoms with E-state index < -0.39 is 6.17 Å². The van der Waals surface area contributed by atoms with Gasteiger partial charge in [0, 0.05) is 17.3 Å². The van der Waals surface area contributed by atoms with E-state index in [2.05, 4.69) is 15.9 Å². The summed E-state index contributed by atoms with van der Waals surface area (Å²) in [5, 5.41) is 0. The van der Waals surface area contributed by atoms with Crippen LogP contribution < -0.4 is 0 Å². The molecular weight excluding hydrogens is 247 g/mol. The Labute approximate surface area is 91.4 Å². The maximum absolute atomic E-state index is 13.1. The van der Waals surface area contributed by atoms with Gasteiger partial charge in [-0.3, -0.25) is 0 Å². The molecule has 0 aromatic heterocycles. The van der Waals surface area contributed by atoms with Crippen molar-refractivity contribution in [1.82, 2.24) is 0 Å². The maximum Gasteiger partial charge on any atom is 0.105 e. The first kappa shape index (κ1) is 10.1. The molecule has 1 aromatic rings. The van der Waals surface area contributed by atoms with Gasteiger partial charge in [0.2, 0.25) is 0 Å². The van der Waals surface area contributed by atoms with Crippen molar-refractivity contribution in [2.45, 2.75) is 25.1 Å². The molecule has 1 fully saturated rings. The van der Waals surface area contributed by atoms with E-state index in [9.17, 15) is 4.39 Å². The van der Waals surface area contributed by atoms with Crippen LogP contribution in [0.5, 0.6) is 0 Å². The van der Waals surface area contributed by atoms with Crippen molar-refractivity contribution in [3.8, 4) is 0 Å². The zero-order chi connectivity index (χ0) is 9.97. The van der Waals surface area contributed by atoms with E-state index in [1.54, 1.807) is 0 Å². The second-order valence-electron chi connectivity index (χ2n) is 3.54. The second-order valence-corrected chi connectivity index (χ2v) is 4.45. The Hall–Kier alpha value is -0.410. The number of halogens is 2. The second kappa shape index (κ2) is 4.41. The third-order valence-electron chi connectivity index (χ3n) is 2.44. The molecule has 2 atom stereocenters. The summed E-state index contributed by atoms with van der Waals surface area (Å²) in [7, 11) is 0. The number of benzene rings is 1. The summed E-state index contributed by atoms with van der Waals surface area (Å²) < 4.78 is 19.7. The Bertz CT molecular complexity index is 316. The molecule has 1 aromatic carbocycles. The van der Waals surface area contributed by atoms with Crippen LogP contribution in [0.2, 0.25) is 0 Å². The predicted octanol–water partition coefficient (Wildman–Crippen LogP) is 3.64. The third-order valence-corrected chi connectivity index (χ3v) is 2.93. The van der Waals surface area contributed by atoms with Gasteiger partial charge in [-0.1, -0.05) is 28.1 Å². The fraction of sp³-hybridized carbons (Fsp3) is 0.455. The standard InChI is InChI=1S/C11H12BrFO/c12-9-3-1-2-8(6-9)11-7-10(13)4-5-14-11/h1-3,6,10-11H,4-5,7H2/t10-,11+/m1/s1. The Morgan fingerprint density at radius 2 is 2.29 bits per heavy atom. The summed E-state index contributed by atoms with van der Waals surface area (Å²) in [5.41, 5.74) is 1.06. The first-order chi connectivity index (χ1) is 6.75. The monoisotopic (exact) mass is 258 g/mol. The van der Waals surface area contributed by atoms with Crippen LogP contribution in [0.3, 0.4) is 0 Å². The number of ether oxygens (including phenoxy) is 1. The van der Waals surface area contributed by atoms with Crippen molar-refractivity contribution >= 4 is 15.9 Å². The highest BCUT2D eigenvalue weighted by atomic mass is 79.9. The van der Waals surface area contributed by atoms with Gasteiger partial charge in [-0.25, -0.2) is 4.39 Å². The fourth-order valence-electron chi connectivity index (χ4n) is 1.70. The Morgan fingerprint density at radius 3 is 3.00 bits per heavy atom. The van der Waals surface area contributed by atoms with E-state index in [0.29, 0.717) is 19.4 Å². The smallest absolute Gasteiger partial charge is 0.105 e. The highest BCUT2D eigenvalue weighted by molar-refractivity contribution is 9.10. The van der Waals surface area contributed by atoms with Gasteiger partial charge in [-0.15, -0.1) is 0 Å². The minimum absolute atomic E-state index is 0.0729. The molecule has 1 aliphatic heterocycles. The molecule has 1 heterocycles. The average molecular weight is 259 g/mol. The molecule has 0 radical (unpaired) electrons. The normalized spacial score (nSPS) is 27.6. The van der Waals surface area contributed by atoms with Crippen LogP contribution in [0.25, 0.3) is 0 Å². The number of hydrogen-bond donors (Lipinski definition) is 0. The van der Waals surface area contributed by atoms with Gasteiger partial charge < -0.3 is 4.74 Å². The molecular formula is C11H12BrFO. The Morgan fingerprint density at radius 1 is 1.43 bits per heavy atom.